The number of nitrogens with two attached hydrogens (primary N) is 2. The second-order valence-electron chi connectivity index (χ2n) is 4.98. The predicted molar refractivity (Wildman–Crippen MR) is 87.7 cm³/mol. The Balaban J connectivity index is 2.13. The molecular weight excluding hydrogens is 258 g/mol. The van der Waals surface area contributed by atoms with Gasteiger partial charge in [-0.3, -0.25) is 0 Å². The van der Waals surface area contributed by atoms with Crippen LogP contribution in [0.1, 0.15) is 11.1 Å². The van der Waals surface area contributed by atoms with Gasteiger partial charge in [0.15, 0.2) is 0 Å². The van der Waals surface area contributed by atoms with Crippen LogP contribution < -0.4 is 11.5 Å². The molecule has 104 valence electrons. The molecule has 0 fully saturated rings. The molecule has 0 bridgehead atoms. The third-order valence-electron chi connectivity index (χ3n) is 3.53. The van der Waals surface area contributed by atoms with E-state index in [1.54, 1.807) is 6.20 Å². The minimum Gasteiger partial charge on any atom is -0.397 e. The molecule has 0 amide bonds. The lowest BCUT2D eigenvalue weighted by Crippen LogP contribution is -2.04. The van der Waals surface area contributed by atoms with Crippen molar-refractivity contribution in [2.45, 2.75) is 6.42 Å². The first-order valence-corrected chi connectivity index (χ1v) is 6.88. The number of nitrogen functional groups attached to an aromatic ring is 2. The summed E-state index contributed by atoms with van der Waals surface area (Å²) in [4.78, 5) is 4.21. The zero-order chi connectivity index (χ0) is 14.7. The molecule has 2 aromatic carbocycles. The topological polar surface area (TPSA) is 64.9 Å². The Labute approximate surface area is 124 Å². The molecule has 1 aromatic heterocycles. The summed E-state index contributed by atoms with van der Waals surface area (Å²) in [7, 11) is 0. The third-order valence-corrected chi connectivity index (χ3v) is 3.53. The van der Waals surface area contributed by atoms with Crippen LogP contribution in [0.15, 0.2) is 66.9 Å². The molecule has 0 saturated carbocycles. The smallest absolute Gasteiger partial charge is 0.127 e. The van der Waals surface area contributed by atoms with Crippen LogP contribution >= 0.6 is 0 Å². The van der Waals surface area contributed by atoms with E-state index in [1.807, 2.05) is 48.5 Å². The summed E-state index contributed by atoms with van der Waals surface area (Å²) in [5.74, 6) is 0.534. The van der Waals surface area contributed by atoms with Gasteiger partial charge in [-0.15, -0.1) is 0 Å². The molecule has 3 aromatic rings. The molecule has 0 saturated heterocycles. The van der Waals surface area contributed by atoms with Crippen molar-refractivity contribution in [3.05, 3.63) is 78.0 Å². The molecule has 0 aliphatic heterocycles. The van der Waals surface area contributed by atoms with Crippen LogP contribution in [-0.4, -0.2) is 4.98 Å². The molecule has 0 unspecified atom stereocenters. The number of rotatable bonds is 3. The molecule has 1 heterocycles. The molecular formula is C18H17N3. The van der Waals surface area contributed by atoms with Crippen LogP contribution in [0.5, 0.6) is 0 Å². The van der Waals surface area contributed by atoms with Crippen LogP contribution in [0.2, 0.25) is 0 Å². The van der Waals surface area contributed by atoms with Crippen molar-refractivity contribution in [1.29, 1.82) is 0 Å². The summed E-state index contributed by atoms with van der Waals surface area (Å²) >= 11 is 0. The SMILES string of the molecule is Nc1cnc(N)c(Cc2ccccc2)c1-c1ccccc1. The molecule has 4 N–H and O–H groups in total. The molecule has 0 aliphatic rings. The first kappa shape index (κ1) is 13.2. The number of hydrogen-bond donors (Lipinski definition) is 2. The van der Waals surface area contributed by atoms with E-state index in [-0.39, 0.29) is 0 Å². The number of hydrogen-bond acceptors (Lipinski definition) is 3. The standard InChI is InChI=1S/C18H17N3/c19-16-12-21-18(20)15(11-13-7-3-1-4-8-13)17(16)14-9-5-2-6-10-14/h1-10,12H,11,19H2,(H2,20,21). The number of benzene rings is 2. The number of nitrogens with zero attached hydrogens (tertiary/aromatic N) is 1. The fraction of sp³-hybridized carbons (Fsp3) is 0.0556. The van der Waals surface area contributed by atoms with Crippen molar-refractivity contribution in [2.75, 3.05) is 11.5 Å². The van der Waals surface area contributed by atoms with E-state index in [1.165, 1.54) is 5.56 Å². The zero-order valence-corrected chi connectivity index (χ0v) is 11.7. The molecule has 0 atom stereocenters. The summed E-state index contributed by atoms with van der Waals surface area (Å²) in [6, 6.07) is 20.3. The van der Waals surface area contributed by atoms with Crippen molar-refractivity contribution < 1.29 is 0 Å². The molecule has 3 heteroatoms. The first-order chi connectivity index (χ1) is 10.3. The maximum Gasteiger partial charge on any atom is 0.127 e. The van der Waals surface area contributed by atoms with Gasteiger partial charge in [-0.1, -0.05) is 60.7 Å². The highest BCUT2D eigenvalue weighted by molar-refractivity contribution is 5.82. The molecule has 0 aliphatic carbocycles. The maximum absolute atomic E-state index is 6.16. The van der Waals surface area contributed by atoms with Crippen LogP contribution in [0.25, 0.3) is 11.1 Å². The highest BCUT2D eigenvalue weighted by Crippen LogP contribution is 2.33. The van der Waals surface area contributed by atoms with E-state index < -0.39 is 0 Å². The first-order valence-electron chi connectivity index (χ1n) is 6.88. The Hall–Kier alpha value is -2.81. The fourth-order valence-electron chi connectivity index (χ4n) is 2.51. The van der Waals surface area contributed by atoms with E-state index in [9.17, 15) is 0 Å². The van der Waals surface area contributed by atoms with Crippen molar-refractivity contribution in [2.24, 2.45) is 0 Å². The van der Waals surface area contributed by atoms with Gasteiger partial charge in [0, 0.05) is 17.5 Å². The van der Waals surface area contributed by atoms with Gasteiger partial charge < -0.3 is 11.5 Å². The average molecular weight is 275 g/mol. The second-order valence-corrected chi connectivity index (χ2v) is 4.98. The summed E-state index contributed by atoms with van der Waals surface area (Å²) < 4.78 is 0. The van der Waals surface area contributed by atoms with Gasteiger partial charge in [0.25, 0.3) is 0 Å². The van der Waals surface area contributed by atoms with Gasteiger partial charge in [0.05, 0.1) is 11.9 Å². The van der Waals surface area contributed by atoms with Crippen molar-refractivity contribution in [3.63, 3.8) is 0 Å². The normalized spacial score (nSPS) is 10.5. The van der Waals surface area contributed by atoms with Crippen LogP contribution in [-0.2, 0) is 6.42 Å². The van der Waals surface area contributed by atoms with Gasteiger partial charge in [0.1, 0.15) is 5.82 Å². The Morgan fingerprint density at radius 3 is 2.10 bits per heavy atom. The Morgan fingerprint density at radius 2 is 1.43 bits per heavy atom. The molecule has 3 rings (SSSR count). The maximum atomic E-state index is 6.16. The van der Waals surface area contributed by atoms with Crippen LogP contribution in [0.4, 0.5) is 11.5 Å². The quantitative estimate of drug-likeness (QED) is 0.768. The fourth-order valence-corrected chi connectivity index (χ4v) is 2.51. The van der Waals surface area contributed by atoms with E-state index in [0.717, 1.165) is 23.1 Å². The lowest BCUT2D eigenvalue weighted by Gasteiger charge is -2.14. The van der Waals surface area contributed by atoms with Gasteiger partial charge in [-0.05, 0) is 11.1 Å². The number of aromatic nitrogens is 1. The summed E-state index contributed by atoms with van der Waals surface area (Å²) in [5, 5.41) is 0. The van der Waals surface area contributed by atoms with E-state index in [0.29, 0.717) is 11.5 Å². The Kier molecular flexibility index (Phi) is 3.56. The minimum atomic E-state index is 0.534. The summed E-state index contributed by atoms with van der Waals surface area (Å²) in [6.07, 6.45) is 2.35. The second kappa shape index (κ2) is 5.67. The highest BCUT2D eigenvalue weighted by Gasteiger charge is 2.13. The lowest BCUT2D eigenvalue weighted by atomic mass is 9.94. The van der Waals surface area contributed by atoms with Crippen LogP contribution in [0, 0.1) is 0 Å². The minimum absolute atomic E-state index is 0.534. The van der Waals surface area contributed by atoms with E-state index >= 15 is 0 Å². The third kappa shape index (κ3) is 2.72. The van der Waals surface area contributed by atoms with Gasteiger partial charge >= 0.3 is 0 Å². The summed E-state index contributed by atoms with van der Waals surface area (Å²) in [5.41, 5.74) is 17.1. The van der Waals surface area contributed by atoms with Gasteiger partial charge in [-0.25, -0.2) is 4.98 Å². The number of anilines is 2. The summed E-state index contributed by atoms with van der Waals surface area (Å²) in [6.45, 7) is 0. The monoisotopic (exact) mass is 275 g/mol. The van der Waals surface area contributed by atoms with E-state index in [4.69, 9.17) is 11.5 Å². The Morgan fingerprint density at radius 1 is 0.810 bits per heavy atom. The van der Waals surface area contributed by atoms with Crippen LogP contribution in [0.3, 0.4) is 0 Å². The number of pyridine rings is 1. The zero-order valence-electron chi connectivity index (χ0n) is 11.7. The highest BCUT2D eigenvalue weighted by atomic mass is 14.8. The van der Waals surface area contributed by atoms with Gasteiger partial charge in [0.2, 0.25) is 0 Å². The van der Waals surface area contributed by atoms with Crippen molar-refractivity contribution in [1.82, 2.24) is 4.98 Å². The largest absolute Gasteiger partial charge is 0.397 e. The van der Waals surface area contributed by atoms with Crippen molar-refractivity contribution in [3.8, 4) is 11.1 Å². The molecule has 0 spiro atoms. The van der Waals surface area contributed by atoms with E-state index in [2.05, 4.69) is 17.1 Å². The van der Waals surface area contributed by atoms with Gasteiger partial charge in [-0.2, -0.15) is 0 Å². The predicted octanol–water partition coefficient (Wildman–Crippen LogP) is 3.50. The van der Waals surface area contributed by atoms with Crippen molar-refractivity contribution >= 4 is 11.5 Å². The Bertz CT molecular complexity index is 737. The molecule has 0 radical (unpaired) electrons. The lowest BCUT2D eigenvalue weighted by molar-refractivity contribution is 1.16. The average Bonchev–Trinajstić information content (AvgIpc) is 2.53. The molecule has 21 heavy (non-hydrogen) atoms. The molecule has 3 nitrogen and oxygen atoms in total.